The molecule has 1 heterocycles. The minimum Gasteiger partial charge on any atom is -0.295 e. The standard InChI is InChI=1S/C11H14OS/c1-7(9(3)12)5-11-6-8(2)13-10(11)4/h5-6H,1-4H3/b7-5+. The summed E-state index contributed by atoms with van der Waals surface area (Å²) >= 11 is 1.77. The van der Waals surface area contributed by atoms with Crippen LogP contribution in [-0.2, 0) is 4.79 Å². The van der Waals surface area contributed by atoms with Gasteiger partial charge >= 0.3 is 0 Å². The van der Waals surface area contributed by atoms with Crippen molar-refractivity contribution in [1.29, 1.82) is 0 Å². The number of hydrogen-bond acceptors (Lipinski definition) is 2. The Bertz CT molecular complexity index is 358. The summed E-state index contributed by atoms with van der Waals surface area (Å²) < 4.78 is 0. The topological polar surface area (TPSA) is 17.1 Å². The normalized spacial score (nSPS) is 11.8. The molecule has 0 saturated carbocycles. The zero-order valence-corrected chi connectivity index (χ0v) is 9.29. The van der Waals surface area contributed by atoms with Gasteiger partial charge in [-0.15, -0.1) is 11.3 Å². The molecular formula is C11H14OS. The molecule has 2 heteroatoms. The summed E-state index contributed by atoms with van der Waals surface area (Å²) in [6.07, 6.45) is 1.96. The lowest BCUT2D eigenvalue weighted by Crippen LogP contribution is -1.90. The van der Waals surface area contributed by atoms with Crippen molar-refractivity contribution < 1.29 is 4.79 Å². The molecule has 1 nitrogen and oxygen atoms in total. The molecule has 0 aliphatic rings. The second-order valence-corrected chi connectivity index (χ2v) is 4.71. The summed E-state index contributed by atoms with van der Waals surface area (Å²) in [5.74, 6) is 0.142. The van der Waals surface area contributed by atoms with E-state index in [-0.39, 0.29) is 5.78 Å². The highest BCUT2D eigenvalue weighted by Gasteiger charge is 2.02. The first-order chi connectivity index (χ1) is 6.00. The Kier molecular flexibility index (Phi) is 3.04. The second-order valence-electron chi connectivity index (χ2n) is 3.25. The number of carbonyl (C=O) groups is 1. The van der Waals surface area contributed by atoms with Crippen molar-refractivity contribution in [3.05, 3.63) is 27.0 Å². The molecule has 0 fully saturated rings. The van der Waals surface area contributed by atoms with Crippen molar-refractivity contribution in [3.63, 3.8) is 0 Å². The summed E-state index contributed by atoms with van der Waals surface area (Å²) in [4.78, 5) is 13.6. The van der Waals surface area contributed by atoms with Crippen LogP contribution < -0.4 is 0 Å². The monoisotopic (exact) mass is 194 g/mol. The molecule has 1 aromatic heterocycles. The Morgan fingerprint density at radius 2 is 2.00 bits per heavy atom. The maximum atomic E-state index is 11.0. The molecule has 0 saturated heterocycles. The SMILES string of the molecule is CC(=O)/C(C)=C/c1cc(C)sc1C. The molecule has 0 aliphatic heterocycles. The third kappa shape index (κ3) is 2.52. The van der Waals surface area contributed by atoms with Crippen molar-refractivity contribution in [2.24, 2.45) is 0 Å². The molecule has 0 N–H and O–H groups in total. The fourth-order valence-corrected chi connectivity index (χ4v) is 2.03. The first-order valence-corrected chi connectivity index (χ1v) is 5.08. The van der Waals surface area contributed by atoms with Crippen LogP contribution >= 0.6 is 11.3 Å². The van der Waals surface area contributed by atoms with E-state index >= 15 is 0 Å². The van der Waals surface area contributed by atoms with Crippen molar-refractivity contribution in [2.45, 2.75) is 27.7 Å². The van der Waals surface area contributed by atoms with E-state index in [1.165, 1.54) is 15.3 Å². The average molecular weight is 194 g/mol. The van der Waals surface area contributed by atoms with Crippen LogP contribution in [0.4, 0.5) is 0 Å². The Labute approximate surface area is 83.1 Å². The van der Waals surface area contributed by atoms with Gasteiger partial charge in [-0.2, -0.15) is 0 Å². The fraction of sp³-hybridized carbons (Fsp3) is 0.364. The summed E-state index contributed by atoms with van der Waals surface area (Å²) in [5.41, 5.74) is 2.00. The quantitative estimate of drug-likeness (QED) is 0.660. The van der Waals surface area contributed by atoms with Gasteiger partial charge in [0.1, 0.15) is 0 Å². The molecule has 0 amide bonds. The lowest BCUT2D eigenvalue weighted by molar-refractivity contribution is -0.113. The smallest absolute Gasteiger partial charge is 0.155 e. The molecule has 13 heavy (non-hydrogen) atoms. The zero-order valence-electron chi connectivity index (χ0n) is 8.47. The highest BCUT2D eigenvalue weighted by atomic mass is 32.1. The minimum absolute atomic E-state index is 0.142. The molecule has 0 aliphatic carbocycles. The Morgan fingerprint density at radius 1 is 1.38 bits per heavy atom. The average Bonchev–Trinajstić information content (AvgIpc) is 2.30. The first-order valence-electron chi connectivity index (χ1n) is 4.27. The predicted octanol–water partition coefficient (Wildman–Crippen LogP) is 3.36. The highest BCUT2D eigenvalue weighted by Crippen LogP contribution is 2.22. The first kappa shape index (κ1) is 10.2. The van der Waals surface area contributed by atoms with Gasteiger partial charge in [0.25, 0.3) is 0 Å². The van der Waals surface area contributed by atoms with Gasteiger partial charge in [-0.25, -0.2) is 0 Å². The third-order valence-corrected chi connectivity index (χ3v) is 2.99. The van der Waals surface area contributed by atoms with Gasteiger partial charge < -0.3 is 0 Å². The van der Waals surface area contributed by atoms with Crippen LogP contribution in [0.25, 0.3) is 6.08 Å². The van der Waals surface area contributed by atoms with Gasteiger partial charge in [0, 0.05) is 9.75 Å². The van der Waals surface area contributed by atoms with Gasteiger partial charge in [-0.1, -0.05) is 0 Å². The van der Waals surface area contributed by atoms with Crippen LogP contribution in [0.15, 0.2) is 11.6 Å². The highest BCUT2D eigenvalue weighted by molar-refractivity contribution is 7.12. The summed E-state index contributed by atoms with van der Waals surface area (Å²) in [6.45, 7) is 7.62. The number of ketones is 1. The van der Waals surface area contributed by atoms with E-state index in [1.807, 2.05) is 13.0 Å². The van der Waals surface area contributed by atoms with E-state index in [2.05, 4.69) is 19.9 Å². The van der Waals surface area contributed by atoms with Crippen LogP contribution in [0.1, 0.15) is 29.2 Å². The molecule has 1 rings (SSSR count). The fourth-order valence-electron chi connectivity index (χ4n) is 1.13. The number of allylic oxidation sites excluding steroid dienone is 1. The van der Waals surface area contributed by atoms with Crippen molar-refractivity contribution in [2.75, 3.05) is 0 Å². The molecule has 0 unspecified atom stereocenters. The van der Waals surface area contributed by atoms with Crippen molar-refractivity contribution in [1.82, 2.24) is 0 Å². The Morgan fingerprint density at radius 3 is 2.38 bits per heavy atom. The number of carbonyl (C=O) groups excluding carboxylic acids is 1. The summed E-state index contributed by atoms with van der Waals surface area (Å²) in [7, 11) is 0. The largest absolute Gasteiger partial charge is 0.295 e. The predicted molar refractivity (Wildman–Crippen MR) is 58.1 cm³/mol. The van der Waals surface area contributed by atoms with Gasteiger partial charge in [-0.05, 0) is 51.0 Å². The minimum atomic E-state index is 0.142. The number of thiophene rings is 1. The van der Waals surface area contributed by atoms with Crippen LogP contribution in [0.3, 0.4) is 0 Å². The Hall–Kier alpha value is -0.890. The maximum absolute atomic E-state index is 11.0. The van der Waals surface area contributed by atoms with E-state index in [0.717, 1.165) is 5.57 Å². The lowest BCUT2D eigenvalue weighted by atomic mass is 10.1. The number of rotatable bonds is 2. The number of aryl methyl sites for hydroxylation is 2. The van der Waals surface area contributed by atoms with Gasteiger partial charge in [0.05, 0.1) is 0 Å². The van der Waals surface area contributed by atoms with E-state index < -0.39 is 0 Å². The molecular weight excluding hydrogens is 180 g/mol. The summed E-state index contributed by atoms with van der Waals surface area (Å²) in [6, 6.07) is 2.12. The van der Waals surface area contributed by atoms with Crippen LogP contribution in [0.5, 0.6) is 0 Å². The molecule has 1 aromatic rings. The molecule has 0 radical (unpaired) electrons. The zero-order chi connectivity index (χ0) is 10.0. The van der Waals surface area contributed by atoms with Crippen molar-refractivity contribution >= 4 is 23.2 Å². The van der Waals surface area contributed by atoms with Gasteiger partial charge in [0.15, 0.2) is 5.78 Å². The Balaban J connectivity index is 3.03. The van der Waals surface area contributed by atoms with E-state index in [9.17, 15) is 4.79 Å². The number of hydrogen-bond donors (Lipinski definition) is 0. The van der Waals surface area contributed by atoms with Gasteiger partial charge in [0.2, 0.25) is 0 Å². The van der Waals surface area contributed by atoms with Crippen LogP contribution in [0.2, 0.25) is 0 Å². The molecule has 0 aromatic carbocycles. The lowest BCUT2D eigenvalue weighted by Gasteiger charge is -1.93. The molecule has 0 atom stereocenters. The van der Waals surface area contributed by atoms with E-state index in [0.29, 0.717) is 0 Å². The molecule has 0 bridgehead atoms. The molecule has 70 valence electrons. The maximum Gasteiger partial charge on any atom is 0.155 e. The van der Waals surface area contributed by atoms with E-state index in [1.54, 1.807) is 18.3 Å². The van der Waals surface area contributed by atoms with Crippen LogP contribution in [0, 0.1) is 13.8 Å². The third-order valence-electron chi connectivity index (χ3n) is 2.01. The summed E-state index contributed by atoms with van der Waals surface area (Å²) in [5, 5.41) is 0. The van der Waals surface area contributed by atoms with Crippen LogP contribution in [-0.4, -0.2) is 5.78 Å². The van der Waals surface area contributed by atoms with E-state index in [4.69, 9.17) is 0 Å². The van der Waals surface area contributed by atoms with Crippen molar-refractivity contribution in [3.8, 4) is 0 Å². The molecule has 0 spiro atoms. The van der Waals surface area contributed by atoms with Gasteiger partial charge in [-0.3, -0.25) is 4.79 Å². The second kappa shape index (κ2) is 3.88. The number of Topliss-reactive ketones (excluding diaryl/α,β-unsaturated/α-hetero) is 1.